The van der Waals surface area contributed by atoms with E-state index in [1.807, 2.05) is 37.3 Å². The molecule has 1 aromatic heterocycles. The summed E-state index contributed by atoms with van der Waals surface area (Å²) >= 11 is 0. The third kappa shape index (κ3) is 4.34. The van der Waals surface area contributed by atoms with E-state index < -0.39 is 9.84 Å². The first-order valence-electron chi connectivity index (χ1n) is 8.89. The van der Waals surface area contributed by atoms with E-state index in [9.17, 15) is 13.2 Å². The number of hydrogen-bond acceptors (Lipinski definition) is 4. The molecule has 28 heavy (non-hydrogen) atoms. The van der Waals surface area contributed by atoms with E-state index in [4.69, 9.17) is 4.74 Å². The van der Waals surface area contributed by atoms with Crippen LogP contribution in [-0.2, 0) is 16.9 Å². The fourth-order valence-corrected chi connectivity index (χ4v) is 3.72. The Hall–Kier alpha value is -2.86. The number of benzene rings is 2. The molecule has 1 unspecified atom stereocenters. The molecule has 0 amide bonds. The van der Waals surface area contributed by atoms with Crippen LogP contribution >= 0.6 is 0 Å². The Balaban J connectivity index is 2.09. The van der Waals surface area contributed by atoms with Gasteiger partial charge < -0.3 is 9.30 Å². The van der Waals surface area contributed by atoms with E-state index in [0.717, 1.165) is 11.1 Å². The van der Waals surface area contributed by atoms with Crippen LogP contribution in [0.25, 0.3) is 11.1 Å². The van der Waals surface area contributed by atoms with E-state index in [1.54, 1.807) is 38.4 Å². The van der Waals surface area contributed by atoms with Crippen molar-refractivity contribution in [3.05, 3.63) is 82.3 Å². The van der Waals surface area contributed by atoms with E-state index in [0.29, 0.717) is 16.9 Å². The van der Waals surface area contributed by atoms with Gasteiger partial charge in [0.25, 0.3) is 5.56 Å². The predicted molar refractivity (Wildman–Crippen MR) is 110 cm³/mol. The van der Waals surface area contributed by atoms with Gasteiger partial charge in [0.05, 0.1) is 4.90 Å². The summed E-state index contributed by atoms with van der Waals surface area (Å²) in [5.74, 6) is 0.459. The average molecular weight is 397 g/mol. The van der Waals surface area contributed by atoms with Crippen molar-refractivity contribution in [1.29, 1.82) is 0 Å². The molecule has 0 aliphatic carbocycles. The summed E-state index contributed by atoms with van der Waals surface area (Å²) in [6.07, 6.45) is 2.62. The molecule has 146 valence electrons. The van der Waals surface area contributed by atoms with Crippen LogP contribution in [0.2, 0.25) is 0 Å². The Labute approximate surface area is 165 Å². The van der Waals surface area contributed by atoms with Crippen molar-refractivity contribution < 1.29 is 13.2 Å². The maximum atomic E-state index is 12.2. The highest BCUT2D eigenvalue weighted by molar-refractivity contribution is 7.90. The van der Waals surface area contributed by atoms with Crippen LogP contribution in [0.3, 0.4) is 0 Å². The summed E-state index contributed by atoms with van der Waals surface area (Å²) in [6.45, 7) is 3.65. The van der Waals surface area contributed by atoms with Gasteiger partial charge in [-0.05, 0) is 54.8 Å². The molecule has 0 saturated carbocycles. The molecule has 1 heterocycles. The molecule has 0 fully saturated rings. The number of pyridine rings is 1. The fourth-order valence-electron chi connectivity index (χ4n) is 3.05. The maximum Gasteiger partial charge on any atom is 0.253 e. The fraction of sp³-hybridized carbons (Fsp3) is 0.227. The minimum absolute atomic E-state index is 0.0859. The molecule has 5 nitrogen and oxygen atoms in total. The number of nitrogens with zero attached hydrogens (tertiary/aromatic N) is 1. The van der Waals surface area contributed by atoms with Crippen LogP contribution in [0.5, 0.6) is 5.75 Å². The molecule has 1 atom stereocenters. The molecule has 3 aromatic rings. The minimum atomic E-state index is -3.43. The summed E-state index contributed by atoms with van der Waals surface area (Å²) in [4.78, 5) is 12.2. The van der Waals surface area contributed by atoms with Gasteiger partial charge in [-0.15, -0.1) is 0 Å². The van der Waals surface area contributed by atoms with Gasteiger partial charge in [-0.3, -0.25) is 4.79 Å². The van der Waals surface area contributed by atoms with Gasteiger partial charge in [0.15, 0.2) is 9.84 Å². The van der Waals surface area contributed by atoms with Gasteiger partial charge in [-0.25, -0.2) is 8.42 Å². The lowest BCUT2D eigenvalue weighted by Gasteiger charge is -2.17. The molecule has 6 heteroatoms. The van der Waals surface area contributed by atoms with Gasteiger partial charge in [0.1, 0.15) is 11.9 Å². The number of aryl methyl sites for hydroxylation is 2. The van der Waals surface area contributed by atoms with Crippen molar-refractivity contribution in [2.45, 2.75) is 24.8 Å². The zero-order valence-electron chi connectivity index (χ0n) is 16.3. The van der Waals surface area contributed by atoms with Crippen molar-refractivity contribution >= 4 is 9.84 Å². The largest absolute Gasteiger partial charge is 0.486 e. The zero-order valence-corrected chi connectivity index (χ0v) is 17.2. The topological polar surface area (TPSA) is 65.4 Å². The quantitative estimate of drug-likeness (QED) is 0.655. The molecule has 3 rings (SSSR count). The Morgan fingerprint density at radius 1 is 1.00 bits per heavy atom. The Morgan fingerprint density at radius 3 is 2.29 bits per heavy atom. The molecule has 0 spiro atoms. The molecular formula is C22H23NO4S. The van der Waals surface area contributed by atoms with Gasteiger partial charge in [-0.1, -0.05) is 30.3 Å². The van der Waals surface area contributed by atoms with Crippen molar-refractivity contribution in [1.82, 2.24) is 4.57 Å². The van der Waals surface area contributed by atoms with Crippen molar-refractivity contribution in [2.75, 3.05) is 6.26 Å². The number of ether oxygens (including phenoxy) is 1. The molecule has 0 aliphatic heterocycles. The normalized spacial score (nSPS) is 12.6. The van der Waals surface area contributed by atoms with Gasteiger partial charge in [-0.2, -0.15) is 0 Å². The first-order valence-corrected chi connectivity index (χ1v) is 10.8. The first-order chi connectivity index (χ1) is 13.1. The molecule has 0 aliphatic rings. The number of hydrogen-bond donors (Lipinski definition) is 0. The highest BCUT2D eigenvalue weighted by Gasteiger charge is 2.15. The van der Waals surface area contributed by atoms with Gasteiger partial charge >= 0.3 is 0 Å². The van der Waals surface area contributed by atoms with E-state index >= 15 is 0 Å². The van der Waals surface area contributed by atoms with Crippen molar-refractivity contribution in [3.63, 3.8) is 0 Å². The van der Waals surface area contributed by atoms with Crippen LogP contribution in [0.1, 0.15) is 24.2 Å². The molecule has 0 saturated heterocycles. The molecular weight excluding hydrogens is 374 g/mol. The van der Waals surface area contributed by atoms with Crippen LogP contribution in [0, 0.1) is 6.92 Å². The van der Waals surface area contributed by atoms with Crippen molar-refractivity contribution in [3.8, 4) is 16.9 Å². The maximum absolute atomic E-state index is 12.2. The number of rotatable bonds is 5. The summed E-state index contributed by atoms with van der Waals surface area (Å²) in [7, 11) is -1.76. The smallest absolute Gasteiger partial charge is 0.253 e. The lowest BCUT2D eigenvalue weighted by Crippen LogP contribution is -2.18. The highest BCUT2D eigenvalue weighted by atomic mass is 32.2. The molecule has 0 N–H and O–H groups in total. The third-order valence-electron chi connectivity index (χ3n) is 4.59. The molecule has 2 aromatic carbocycles. The van der Waals surface area contributed by atoms with E-state index in [2.05, 4.69) is 0 Å². The molecule has 0 bridgehead atoms. The number of sulfone groups is 1. The second-order valence-electron chi connectivity index (χ2n) is 6.96. The monoisotopic (exact) mass is 397 g/mol. The summed E-state index contributed by atoms with van der Waals surface area (Å²) in [5.41, 5.74) is 2.92. The van der Waals surface area contributed by atoms with Crippen LogP contribution in [-0.4, -0.2) is 19.2 Å². The SMILES string of the molecule is Cc1cc(-c2cc(OC(C)c3ccccc3)cc(S(C)(=O)=O)c2)cn(C)c1=O. The van der Waals surface area contributed by atoms with Crippen LogP contribution < -0.4 is 10.3 Å². The standard InChI is InChI=1S/C22H23NO4S/c1-15-10-19(14-23(3)22(15)24)18-11-20(13-21(12-18)28(4,25)26)27-16(2)17-8-6-5-7-9-17/h5-14,16H,1-4H3. The van der Waals surface area contributed by atoms with Gasteiger partial charge in [0.2, 0.25) is 0 Å². The average Bonchev–Trinajstić information content (AvgIpc) is 2.65. The number of aromatic nitrogens is 1. The van der Waals surface area contributed by atoms with Crippen LogP contribution in [0.4, 0.5) is 0 Å². The van der Waals surface area contributed by atoms with E-state index in [-0.39, 0.29) is 16.6 Å². The zero-order chi connectivity index (χ0) is 20.5. The van der Waals surface area contributed by atoms with E-state index in [1.165, 1.54) is 16.9 Å². The van der Waals surface area contributed by atoms with Gasteiger partial charge in [0, 0.05) is 25.1 Å². The van der Waals surface area contributed by atoms with Crippen molar-refractivity contribution in [2.24, 2.45) is 7.05 Å². The predicted octanol–water partition coefficient (Wildman–Crippen LogP) is 3.90. The summed E-state index contributed by atoms with van der Waals surface area (Å²) in [6, 6.07) is 16.4. The first kappa shape index (κ1) is 19.9. The molecule has 0 radical (unpaired) electrons. The summed E-state index contributed by atoms with van der Waals surface area (Å²) < 4.78 is 31.9. The Morgan fingerprint density at radius 2 is 1.68 bits per heavy atom. The van der Waals surface area contributed by atoms with Crippen LogP contribution in [0.15, 0.2) is 70.5 Å². The highest BCUT2D eigenvalue weighted by Crippen LogP contribution is 2.31. The third-order valence-corrected chi connectivity index (χ3v) is 5.68. The Kier molecular flexibility index (Phi) is 5.42. The summed E-state index contributed by atoms with van der Waals surface area (Å²) in [5, 5.41) is 0. The lowest BCUT2D eigenvalue weighted by atomic mass is 10.1. The Bertz CT molecular complexity index is 1140. The second-order valence-corrected chi connectivity index (χ2v) is 8.98. The second kappa shape index (κ2) is 7.64. The minimum Gasteiger partial charge on any atom is -0.486 e. The lowest BCUT2D eigenvalue weighted by molar-refractivity contribution is 0.226.